The van der Waals surface area contributed by atoms with E-state index in [1.165, 1.54) is 61.1 Å². The van der Waals surface area contributed by atoms with E-state index in [2.05, 4.69) is 85.7 Å². The zero-order chi connectivity index (χ0) is 73.6. The van der Waals surface area contributed by atoms with Crippen LogP contribution in [0.2, 0.25) is 0 Å². The molecule has 2 aromatic heterocycles. The standard InChI is InChI=1S/C60H90N20O18S/c1-29(2)16-38(54(91)71-30(3)50(87)73-37(8-5-6-14-61)53(90)75-39(17-32-10-12-35(82)13-11-32)55(92)76-41(20-45(63)83)52(89)68-25-48(86)79-49(31(4)81)60(97)98)74-56(93)40(18-33-22-65-27-69-33)77-58(95)44-9-7-15-80(44)59(96)43(19-34-23-66-28-70-34)78-57(94)42(21-46(64)84)72-47(85)24-67-51(88)36(62)26-99/h10-13,22-23,27-31,36-44,49,81-82,99H,5-9,14-21,24-26,61-62H2,1-4H3,(H2,63,83)(H2,64,84)(H,65,69)(H,66,70)(H,67,88)(H,68,89)(H,71,91)(H,72,85)(H,73,87)(H,74,93)(H,75,90)(H,76,92)(H,77,95)(H,78,94)(H,79,86)(H,97,98)/t30-,31+,36-,37-,38-,39-,40-,41-,42-,43-,44-,49-/m1/s1. The van der Waals surface area contributed by atoms with E-state index in [0.29, 0.717) is 23.4 Å². The number of hydrogen-bond acceptors (Lipinski definition) is 22. The van der Waals surface area contributed by atoms with Crippen LogP contribution in [0.15, 0.2) is 49.3 Å². The van der Waals surface area contributed by atoms with Crippen LogP contribution in [0.1, 0.15) is 96.0 Å². The lowest BCUT2D eigenvalue weighted by molar-refractivity contribution is -0.144. The smallest absolute Gasteiger partial charge is 0.328 e. The number of nitrogens with zero attached hydrogens (tertiary/aromatic N) is 3. The highest BCUT2D eigenvalue weighted by atomic mass is 32.1. The quantitative estimate of drug-likeness (QED) is 0.0185. The summed E-state index contributed by atoms with van der Waals surface area (Å²) < 4.78 is 0. The van der Waals surface area contributed by atoms with Crippen LogP contribution in [0.25, 0.3) is 0 Å². The molecule has 1 aliphatic rings. The van der Waals surface area contributed by atoms with E-state index in [0.717, 1.165) is 6.92 Å². The number of nitrogens with two attached hydrogens (primary N) is 4. The third-order valence-electron chi connectivity index (χ3n) is 15.3. The molecule has 39 heteroatoms. The van der Waals surface area contributed by atoms with Gasteiger partial charge in [0, 0.05) is 55.3 Å². The molecule has 24 N–H and O–H groups in total. The number of nitrogens with one attached hydrogen (secondary N) is 13. The second kappa shape index (κ2) is 40.4. The number of likely N-dealkylation sites (tertiary alicyclic amines) is 1. The maximum atomic E-state index is 14.6. The molecule has 4 rings (SSSR count). The number of H-pyrrole nitrogens is 2. The molecule has 38 nitrogen and oxygen atoms in total. The van der Waals surface area contributed by atoms with Gasteiger partial charge >= 0.3 is 5.97 Å². The number of phenols is 1. The second-order valence-electron chi connectivity index (χ2n) is 23.9. The fourth-order valence-electron chi connectivity index (χ4n) is 10.1. The number of amides is 14. The lowest BCUT2D eigenvalue weighted by Gasteiger charge is -2.31. The van der Waals surface area contributed by atoms with Crippen molar-refractivity contribution in [2.45, 2.75) is 171 Å². The van der Waals surface area contributed by atoms with Crippen LogP contribution < -0.4 is 81.4 Å². The van der Waals surface area contributed by atoms with Crippen molar-refractivity contribution < 1.29 is 87.2 Å². The van der Waals surface area contributed by atoms with Gasteiger partial charge in [-0.1, -0.05) is 26.0 Å². The molecular weight excluding hydrogens is 1320 g/mol. The molecular formula is C60H90N20O18S. The minimum Gasteiger partial charge on any atom is -0.508 e. The molecule has 1 saturated heterocycles. The van der Waals surface area contributed by atoms with Crippen molar-refractivity contribution in [3.05, 3.63) is 66.3 Å². The van der Waals surface area contributed by atoms with Gasteiger partial charge in [-0.3, -0.25) is 67.1 Å². The van der Waals surface area contributed by atoms with Gasteiger partial charge in [-0.05, 0) is 82.5 Å². The van der Waals surface area contributed by atoms with Crippen molar-refractivity contribution in [3.8, 4) is 5.75 Å². The lowest BCUT2D eigenvalue weighted by atomic mass is 10.0. The number of hydrogen-bond donors (Lipinski definition) is 21. The average Bonchev–Trinajstić information content (AvgIpc) is 1.75. The van der Waals surface area contributed by atoms with Crippen molar-refractivity contribution in [1.82, 2.24) is 83.3 Å². The molecule has 3 heterocycles. The van der Waals surface area contributed by atoms with E-state index in [1.807, 2.05) is 5.32 Å². The summed E-state index contributed by atoms with van der Waals surface area (Å²) in [6, 6.07) is -10.9. The SMILES string of the molecule is CC(C)C[C@@H](NC(=O)[C@@H](Cc1cnc[nH]1)NC(=O)[C@H]1CCCN1C(=O)[C@@H](Cc1cnc[nH]1)NC(=O)[C@@H](CC(N)=O)NC(=O)CNC(=O)[C@H](N)CS)C(=O)N[C@H](C)C(=O)N[C@H](CCCCN)C(=O)N[C@H](Cc1ccc(O)cc1)C(=O)N[C@H](CC(N)=O)C(=O)NCC(=O)N[C@@H](C(=O)O)[C@H](C)O. The molecule has 544 valence electrons. The monoisotopic (exact) mass is 1410 g/mol. The first-order valence-corrected chi connectivity index (χ1v) is 32.3. The van der Waals surface area contributed by atoms with Crippen LogP contribution in [0.3, 0.4) is 0 Å². The number of thiol groups is 1. The summed E-state index contributed by atoms with van der Waals surface area (Å²) in [6.07, 6.45) is 2.32. The highest BCUT2D eigenvalue weighted by Crippen LogP contribution is 2.21. The number of aromatic nitrogens is 4. The van der Waals surface area contributed by atoms with Crippen LogP contribution in [0.5, 0.6) is 5.75 Å². The topological polar surface area (TPSA) is 614 Å². The number of aliphatic hydroxyl groups excluding tert-OH is 1. The maximum absolute atomic E-state index is 14.6. The number of carboxylic acid groups (broad SMARTS) is 1. The molecule has 0 saturated carbocycles. The number of phenolic OH excluding ortho intramolecular Hbond substituents is 1. The molecule has 3 aromatic rings. The Kier molecular flexibility index (Phi) is 33.1. The number of rotatable bonds is 42. The van der Waals surface area contributed by atoms with Gasteiger partial charge in [0.2, 0.25) is 82.7 Å². The van der Waals surface area contributed by atoms with Crippen LogP contribution >= 0.6 is 12.6 Å². The number of imidazole rings is 2. The average molecular weight is 1410 g/mol. The van der Waals surface area contributed by atoms with Crippen LogP contribution in [0.4, 0.5) is 0 Å². The van der Waals surface area contributed by atoms with Crippen LogP contribution in [-0.4, -0.2) is 233 Å². The first kappa shape index (κ1) is 81.2. The third-order valence-corrected chi connectivity index (χ3v) is 15.7. The zero-order valence-corrected chi connectivity index (χ0v) is 55.9. The van der Waals surface area contributed by atoms with E-state index in [9.17, 15) is 87.2 Å². The van der Waals surface area contributed by atoms with Crippen molar-refractivity contribution in [2.75, 3.05) is 31.9 Å². The molecule has 0 radical (unpaired) electrons. The van der Waals surface area contributed by atoms with E-state index in [4.69, 9.17) is 22.9 Å². The molecule has 1 fully saturated rings. The van der Waals surface area contributed by atoms with Crippen molar-refractivity contribution in [1.29, 1.82) is 0 Å². The molecule has 14 amide bonds. The fraction of sp³-hybridized carbons (Fsp3) is 0.550. The summed E-state index contributed by atoms with van der Waals surface area (Å²) in [5.41, 5.74) is 23.3. The van der Waals surface area contributed by atoms with Gasteiger partial charge in [-0.15, -0.1) is 0 Å². The van der Waals surface area contributed by atoms with Gasteiger partial charge in [-0.25, -0.2) is 14.8 Å². The number of primary amides is 2. The zero-order valence-electron chi connectivity index (χ0n) is 55.0. The Morgan fingerprint density at radius 2 is 1.10 bits per heavy atom. The summed E-state index contributed by atoms with van der Waals surface area (Å²) in [5, 5.41) is 55.8. The molecule has 0 unspecified atom stereocenters. The summed E-state index contributed by atoms with van der Waals surface area (Å²) in [4.78, 5) is 216. The highest BCUT2D eigenvalue weighted by Gasteiger charge is 2.41. The van der Waals surface area contributed by atoms with Crippen LogP contribution in [-0.2, 0) is 91.2 Å². The van der Waals surface area contributed by atoms with Crippen molar-refractivity contribution >= 4 is 101 Å². The Balaban J connectivity index is 1.54. The number of benzene rings is 1. The molecule has 1 aliphatic heterocycles. The van der Waals surface area contributed by atoms with Crippen molar-refractivity contribution in [3.63, 3.8) is 0 Å². The third kappa shape index (κ3) is 27.6. The highest BCUT2D eigenvalue weighted by molar-refractivity contribution is 7.80. The molecule has 99 heavy (non-hydrogen) atoms. The minimum atomic E-state index is -1.78. The number of carbonyl (C=O) groups is 15. The number of aromatic amines is 2. The minimum absolute atomic E-state index is 0.0128. The molecule has 0 bridgehead atoms. The Hall–Kier alpha value is -10.3. The van der Waals surface area contributed by atoms with Gasteiger partial charge in [0.1, 0.15) is 60.1 Å². The fourth-order valence-corrected chi connectivity index (χ4v) is 10.2. The summed E-state index contributed by atoms with van der Waals surface area (Å²) >= 11 is 3.95. The second-order valence-corrected chi connectivity index (χ2v) is 24.3. The van der Waals surface area contributed by atoms with Gasteiger partial charge in [0.25, 0.3) is 0 Å². The number of carbonyl (C=O) groups excluding carboxylic acids is 14. The number of aliphatic carboxylic acids is 1. The van der Waals surface area contributed by atoms with E-state index in [1.54, 1.807) is 13.8 Å². The van der Waals surface area contributed by atoms with Gasteiger partial charge in [-0.2, -0.15) is 12.6 Å². The molecule has 12 atom stereocenters. The normalized spacial score (nSPS) is 16.0. The summed E-state index contributed by atoms with van der Waals surface area (Å²) in [7, 11) is 0. The van der Waals surface area contributed by atoms with E-state index >= 15 is 0 Å². The number of aromatic hydroxyl groups is 1. The largest absolute Gasteiger partial charge is 0.508 e. The number of unbranched alkanes of at least 4 members (excludes halogenated alkanes) is 1. The predicted molar refractivity (Wildman–Crippen MR) is 351 cm³/mol. The van der Waals surface area contributed by atoms with Crippen LogP contribution in [0, 0.1) is 5.92 Å². The van der Waals surface area contributed by atoms with E-state index in [-0.39, 0.29) is 81.9 Å². The Morgan fingerprint density at radius 1 is 0.606 bits per heavy atom. The molecule has 0 spiro atoms. The van der Waals surface area contributed by atoms with Crippen molar-refractivity contribution in [2.24, 2.45) is 28.9 Å². The molecule has 1 aromatic carbocycles. The number of aliphatic hydroxyl groups is 1. The lowest BCUT2D eigenvalue weighted by Crippen LogP contribution is -2.61. The Labute approximate surface area is 573 Å². The van der Waals surface area contributed by atoms with Gasteiger partial charge < -0.3 is 112 Å². The first-order valence-electron chi connectivity index (χ1n) is 31.6. The number of carboxylic acids is 1. The van der Waals surface area contributed by atoms with Gasteiger partial charge in [0.15, 0.2) is 6.04 Å². The van der Waals surface area contributed by atoms with E-state index < -0.39 is 187 Å². The predicted octanol–water partition coefficient (Wildman–Crippen LogP) is -7.88. The summed E-state index contributed by atoms with van der Waals surface area (Å²) in [5.74, 6) is -15.4. The molecule has 0 aliphatic carbocycles. The Morgan fingerprint density at radius 3 is 1.64 bits per heavy atom. The Bertz CT molecular complexity index is 3290. The summed E-state index contributed by atoms with van der Waals surface area (Å²) in [6.45, 7) is 4.49. The maximum Gasteiger partial charge on any atom is 0.328 e. The van der Waals surface area contributed by atoms with Gasteiger partial charge in [0.05, 0.1) is 50.7 Å². The first-order chi connectivity index (χ1) is 46.8.